The number of allylic oxidation sites excluding steroid dienone is 6. The van der Waals surface area contributed by atoms with Crippen molar-refractivity contribution in [2.24, 2.45) is 0 Å². The predicted octanol–water partition coefficient (Wildman–Crippen LogP) is 5.18. The summed E-state index contributed by atoms with van der Waals surface area (Å²) >= 11 is 0. The normalized spacial score (nSPS) is 12.1. The zero-order valence-electron chi connectivity index (χ0n) is 12.6. The van der Waals surface area contributed by atoms with Crippen LogP contribution in [0.5, 0.6) is 0 Å². The third-order valence-corrected chi connectivity index (χ3v) is 2.92. The van der Waals surface area contributed by atoms with Crippen LogP contribution in [0.2, 0.25) is 0 Å². The van der Waals surface area contributed by atoms with E-state index in [1.807, 2.05) is 63.4 Å². The molecule has 0 unspecified atom stereocenters. The van der Waals surface area contributed by atoms with E-state index in [1.165, 1.54) is 0 Å². The van der Waals surface area contributed by atoms with Gasteiger partial charge in [-0.3, -0.25) is 0 Å². The maximum atomic E-state index is 4.09. The first-order valence-electron chi connectivity index (χ1n) is 6.74. The summed E-state index contributed by atoms with van der Waals surface area (Å²) in [5, 5.41) is 0. The zero-order valence-corrected chi connectivity index (χ0v) is 12.6. The van der Waals surface area contributed by atoms with E-state index < -0.39 is 0 Å². The van der Waals surface area contributed by atoms with Gasteiger partial charge in [-0.15, -0.1) is 0 Å². The molecule has 0 fully saturated rings. The molecule has 1 aromatic rings. The van der Waals surface area contributed by atoms with Crippen LogP contribution in [0.1, 0.15) is 19.4 Å². The number of rotatable bonds is 6. The Morgan fingerprint density at radius 2 is 1.60 bits per heavy atom. The highest BCUT2D eigenvalue weighted by atomic mass is 15.1. The molecule has 0 saturated carbocycles. The molecule has 0 radical (unpaired) electrons. The molecule has 0 aromatic heterocycles. The molecular formula is C19H23N. The van der Waals surface area contributed by atoms with Crippen molar-refractivity contribution in [3.63, 3.8) is 0 Å². The summed E-state index contributed by atoms with van der Waals surface area (Å²) in [5.74, 6) is 0. The lowest BCUT2D eigenvalue weighted by molar-refractivity contribution is 0.619. The Balaban J connectivity index is 3.21. The SMILES string of the molecule is C=C(/C=C\C)/C=C(/c1ccccc1)N(C)C(=C)/C=C\C. The molecule has 0 spiro atoms. The van der Waals surface area contributed by atoms with E-state index in [1.54, 1.807) is 0 Å². The molecule has 1 rings (SSSR count). The van der Waals surface area contributed by atoms with Crippen molar-refractivity contribution < 1.29 is 0 Å². The Labute approximate surface area is 122 Å². The highest BCUT2D eigenvalue weighted by Crippen LogP contribution is 2.23. The molecule has 1 heteroatoms. The van der Waals surface area contributed by atoms with Crippen LogP contribution in [-0.4, -0.2) is 11.9 Å². The molecule has 0 aliphatic heterocycles. The first-order chi connectivity index (χ1) is 9.60. The molecule has 0 atom stereocenters. The van der Waals surface area contributed by atoms with Crippen molar-refractivity contribution in [2.45, 2.75) is 13.8 Å². The molecule has 1 aromatic carbocycles. The molecule has 0 bridgehead atoms. The second kappa shape index (κ2) is 8.00. The van der Waals surface area contributed by atoms with Gasteiger partial charge in [-0.1, -0.05) is 61.7 Å². The average Bonchev–Trinajstić information content (AvgIpc) is 2.45. The lowest BCUT2D eigenvalue weighted by Gasteiger charge is -2.23. The molecule has 0 N–H and O–H groups in total. The van der Waals surface area contributed by atoms with Gasteiger partial charge in [0, 0.05) is 18.4 Å². The van der Waals surface area contributed by atoms with E-state index in [9.17, 15) is 0 Å². The van der Waals surface area contributed by atoms with Crippen molar-refractivity contribution in [3.05, 3.63) is 90.7 Å². The van der Waals surface area contributed by atoms with E-state index in [-0.39, 0.29) is 0 Å². The van der Waals surface area contributed by atoms with E-state index >= 15 is 0 Å². The van der Waals surface area contributed by atoms with Crippen LogP contribution in [0, 0.1) is 0 Å². The third kappa shape index (κ3) is 4.43. The minimum atomic E-state index is 0.941. The first kappa shape index (κ1) is 15.8. The Morgan fingerprint density at radius 3 is 2.15 bits per heavy atom. The van der Waals surface area contributed by atoms with Gasteiger partial charge in [0.05, 0.1) is 0 Å². The van der Waals surface area contributed by atoms with Gasteiger partial charge in [-0.2, -0.15) is 0 Å². The van der Waals surface area contributed by atoms with Crippen LogP contribution in [0.25, 0.3) is 5.70 Å². The second-order valence-electron chi connectivity index (χ2n) is 4.52. The van der Waals surface area contributed by atoms with Crippen molar-refractivity contribution in [3.8, 4) is 0 Å². The Hall–Kier alpha value is -2.28. The molecular weight excluding hydrogens is 242 g/mol. The highest BCUT2D eigenvalue weighted by Gasteiger charge is 2.08. The third-order valence-electron chi connectivity index (χ3n) is 2.92. The van der Waals surface area contributed by atoms with Crippen LogP contribution in [0.3, 0.4) is 0 Å². The van der Waals surface area contributed by atoms with Crippen molar-refractivity contribution in [2.75, 3.05) is 7.05 Å². The number of likely N-dealkylation sites (N-methyl/N-ethyl adjacent to an activating group) is 1. The molecule has 0 heterocycles. The number of benzene rings is 1. The molecule has 0 aliphatic carbocycles. The van der Waals surface area contributed by atoms with Crippen molar-refractivity contribution in [1.29, 1.82) is 0 Å². The summed E-state index contributed by atoms with van der Waals surface area (Å²) in [6.45, 7) is 12.1. The number of hydrogen-bond donors (Lipinski definition) is 0. The largest absolute Gasteiger partial charge is 0.345 e. The van der Waals surface area contributed by atoms with Crippen molar-refractivity contribution in [1.82, 2.24) is 4.90 Å². The van der Waals surface area contributed by atoms with Crippen LogP contribution in [-0.2, 0) is 0 Å². The maximum Gasteiger partial charge on any atom is 0.0487 e. The Bertz CT molecular complexity index is 544. The first-order valence-corrected chi connectivity index (χ1v) is 6.74. The predicted molar refractivity (Wildman–Crippen MR) is 90.1 cm³/mol. The fraction of sp³-hybridized carbons (Fsp3) is 0.158. The molecule has 104 valence electrons. The highest BCUT2D eigenvalue weighted by molar-refractivity contribution is 5.69. The Morgan fingerprint density at radius 1 is 1.00 bits per heavy atom. The van der Waals surface area contributed by atoms with Gasteiger partial charge < -0.3 is 4.90 Å². The molecule has 0 saturated heterocycles. The van der Waals surface area contributed by atoms with Gasteiger partial charge in [0.2, 0.25) is 0 Å². The summed E-state index contributed by atoms with van der Waals surface area (Å²) in [5.41, 5.74) is 4.13. The topological polar surface area (TPSA) is 3.24 Å². The molecule has 0 aliphatic rings. The quantitative estimate of drug-likeness (QED) is 0.640. The lowest BCUT2D eigenvalue weighted by Crippen LogP contribution is -2.14. The smallest absolute Gasteiger partial charge is 0.0487 e. The van der Waals surface area contributed by atoms with E-state index in [0.29, 0.717) is 0 Å². The van der Waals surface area contributed by atoms with E-state index in [2.05, 4.69) is 36.3 Å². The second-order valence-corrected chi connectivity index (χ2v) is 4.52. The summed E-state index contributed by atoms with van der Waals surface area (Å²) in [6, 6.07) is 10.3. The van der Waals surface area contributed by atoms with Gasteiger partial charge in [0.15, 0.2) is 0 Å². The summed E-state index contributed by atoms with van der Waals surface area (Å²) in [6.07, 6.45) is 10.0. The van der Waals surface area contributed by atoms with Crippen LogP contribution >= 0.6 is 0 Å². The van der Waals surface area contributed by atoms with Crippen LogP contribution in [0.4, 0.5) is 0 Å². The lowest BCUT2D eigenvalue weighted by atomic mass is 10.1. The fourth-order valence-corrected chi connectivity index (χ4v) is 1.88. The van der Waals surface area contributed by atoms with E-state index in [4.69, 9.17) is 0 Å². The molecule has 1 nitrogen and oxygen atoms in total. The van der Waals surface area contributed by atoms with Gasteiger partial charge in [0.25, 0.3) is 0 Å². The van der Waals surface area contributed by atoms with Gasteiger partial charge in [0.1, 0.15) is 0 Å². The maximum absolute atomic E-state index is 4.09. The van der Waals surface area contributed by atoms with Crippen LogP contribution in [0.15, 0.2) is 85.1 Å². The molecule has 0 amide bonds. The van der Waals surface area contributed by atoms with Gasteiger partial charge >= 0.3 is 0 Å². The van der Waals surface area contributed by atoms with E-state index in [0.717, 1.165) is 22.5 Å². The molecule has 20 heavy (non-hydrogen) atoms. The summed E-state index contributed by atoms with van der Waals surface area (Å²) in [7, 11) is 2.02. The monoisotopic (exact) mass is 265 g/mol. The minimum Gasteiger partial charge on any atom is -0.345 e. The fourth-order valence-electron chi connectivity index (χ4n) is 1.88. The standard InChI is InChI=1S/C19H23N/c1-6-11-16(3)15-19(18-13-9-8-10-14-18)20(5)17(4)12-7-2/h6-15H,3-4H2,1-2,5H3/b11-6-,12-7-,19-15-. The van der Waals surface area contributed by atoms with Crippen LogP contribution < -0.4 is 0 Å². The Kier molecular flexibility index (Phi) is 6.31. The summed E-state index contributed by atoms with van der Waals surface area (Å²) < 4.78 is 0. The summed E-state index contributed by atoms with van der Waals surface area (Å²) in [4.78, 5) is 2.07. The zero-order chi connectivity index (χ0) is 15.0. The van der Waals surface area contributed by atoms with Crippen molar-refractivity contribution >= 4 is 5.70 Å². The van der Waals surface area contributed by atoms with Gasteiger partial charge in [-0.05, 0) is 37.1 Å². The minimum absolute atomic E-state index is 0.941. The number of nitrogens with zero attached hydrogens (tertiary/aromatic N) is 1. The van der Waals surface area contributed by atoms with Gasteiger partial charge in [-0.25, -0.2) is 0 Å². The number of hydrogen-bond acceptors (Lipinski definition) is 1. The average molecular weight is 265 g/mol.